The summed E-state index contributed by atoms with van der Waals surface area (Å²) in [6, 6.07) is 0. The van der Waals surface area contributed by atoms with Gasteiger partial charge in [-0.05, 0) is 0 Å². The van der Waals surface area contributed by atoms with E-state index in [1.54, 1.807) is 0 Å². The third-order valence-corrected chi connectivity index (χ3v) is 15.2. The van der Waals surface area contributed by atoms with Crippen molar-refractivity contribution >= 4 is 6.83 Å². The maximum absolute atomic E-state index is 12.9. The molecule has 0 aromatic heterocycles. The molecule has 0 amide bonds. The summed E-state index contributed by atoms with van der Waals surface area (Å²) in [5.74, 6) is 0. The van der Waals surface area contributed by atoms with Crippen LogP contribution in [0.5, 0.6) is 0 Å². The molecule has 0 saturated carbocycles. The Morgan fingerprint density at radius 1 is 0.263 bits per heavy atom. The Labute approximate surface area is 243 Å². The summed E-state index contributed by atoms with van der Waals surface area (Å²) >= 11 is 0. The summed E-state index contributed by atoms with van der Waals surface area (Å²) < 4.78 is 0. The fraction of sp³-hybridized carbons (Fsp3) is 1.00. The molecule has 0 aliphatic rings. The van der Waals surface area contributed by atoms with Gasteiger partial charge in [-0.1, -0.05) is 0 Å². The van der Waals surface area contributed by atoms with E-state index in [2.05, 4.69) is 27.7 Å². The Kier molecular flexibility index (Phi) is 27.8. The number of hydrogen-bond acceptors (Lipinski definition) is 1. The molecule has 0 heterocycles. The third-order valence-electron chi connectivity index (χ3n) is 9.34. The standard InChI is InChI=1S/C36H77OP/c1-5-9-13-17-21-25-29-33-38(37,34-30-26-22-18-14-10-6-2,35-31-27-23-19-15-11-7-3)36-32-28-24-20-16-12-8-4/h37H,5-36H2,1-4H3. The van der Waals surface area contributed by atoms with E-state index in [4.69, 9.17) is 0 Å². The van der Waals surface area contributed by atoms with Gasteiger partial charge in [-0.25, -0.2) is 0 Å². The summed E-state index contributed by atoms with van der Waals surface area (Å²) in [7, 11) is 0. The first-order chi connectivity index (χ1) is 18.5. The summed E-state index contributed by atoms with van der Waals surface area (Å²) in [4.78, 5) is 12.9. The van der Waals surface area contributed by atoms with Crippen LogP contribution in [-0.2, 0) is 0 Å². The third kappa shape index (κ3) is 23.1. The Morgan fingerprint density at radius 2 is 0.421 bits per heavy atom. The summed E-state index contributed by atoms with van der Waals surface area (Å²) in [5.41, 5.74) is 0. The second-order valence-electron chi connectivity index (χ2n) is 13.3. The van der Waals surface area contributed by atoms with E-state index < -0.39 is 6.83 Å². The van der Waals surface area contributed by atoms with Crippen LogP contribution in [0.2, 0.25) is 0 Å². The summed E-state index contributed by atoms with van der Waals surface area (Å²) in [6.07, 6.45) is 43.1. The molecule has 0 bridgehead atoms. The van der Waals surface area contributed by atoms with E-state index >= 15 is 0 Å². The Bertz CT molecular complexity index is 379. The van der Waals surface area contributed by atoms with Crippen LogP contribution >= 0.6 is 6.83 Å². The monoisotopic (exact) mass is 557 g/mol. The molecule has 2 heteroatoms. The van der Waals surface area contributed by atoms with E-state index in [-0.39, 0.29) is 0 Å². The molecule has 0 aromatic rings. The number of unbranched alkanes of at least 4 members (excludes halogenated alkanes) is 24. The van der Waals surface area contributed by atoms with Gasteiger partial charge in [0.2, 0.25) is 0 Å². The molecule has 0 aliphatic carbocycles. The molecule has 0 rings (SSSR count). The second-order valence-corrected chi connectivity index (χ2v) is 18.9. The van der Waals surface area contributed by atoms with E-state index in [9.17, 15) is 4.89 Å². The van der Waals surface area contributed by atoms with Crippen molar-refractivity contribution in [3.8, 4) is 0 Å². The molecule has 0 unspecified atom stereocenters. The van der Waals surface area contributed by atoms with Gasteiger partial charge in [-0.15, -0.1) is 0 Å². The van der Waals surface area contributed by atoms with Gasteiger partial charge in [0.05, 0.1) is 0 Å². The molecule has 0 radical (unpaired) electrons. The minimum atomic E-state index is -2.60. The van der Waals surface area contributed by atoms with Gasteiger partial charge in [0.1, 0.15) is 0 Å². The van der Waals surface area contributed by atoms with E-state index in [0.29, 0.717) is 0 Å². The van der Waals surface area contributed by atoms with E-state index in [0.717, 1.165) is 0 Å². The van der Waals surface area contributed by atoms with Crippen LogP contribution in [0.4, 0.5) is 0 Å². The van der Waals surface area contributed by atoms with E-state index in [1.807, 2.05) is 0 Å². The Hall–Kier alpha value is 0.390. The predicted octanol–water partition coefficient (Wildman–Crippen LogP) is 13.4. The first-order valence-corrected chi connectivity index (χ1v) is 21.2. The van der Waals surface area contributed by atoms with Crippen molar-refractivity contribution in [1.29, 1.82) is 0 Å². The maximum atomic E-state index is 12.9. The van der Waals surface area contributed by atoms with Gasteiger partial charge in [0.15, 0.2) is 0 Å². The average molecular weight is 557 g/mol. The minimum absolute atomic E-state index is 1.20. The summed E-state index contributed by atoms with van der Waals surface area (Å²) in [5, 5.41) is 0. The average Bonchev–Trinajstić information content (AvgIpc) is 2.91. The van der Waals surface area contributed by atoms with Crippen molar-refractivity contribution in [3.05, 3.63) is 0 Å². The van der Waals surface area contributed by atoms with Crippen LogP contribution < -0.4 is 0 Å². The van der Waals surface area contributed by atoms with Crippen molar-refractivity contribution < 1.29 is 4.89 Å². The van der Waals surface area contributed by atoms with Crippen LogP contribution in [-0.4, -0.2) is 29.5 Å². The van der Waals surface area contributed by atoms with Gasteiger partial charge in [-0.3, -0.25) is 0 Å². The molecule has 1 nitrogen and oxygen atoms in total. The molecular weight excluding hydrogens is 479 g/mol. The molecule has 38 heavy (non-hydrogen) atoms. The van der Waals surface area contributed by atoms with Crippen LogP contribution in [0.25, 0.3) is 0 Å². The Balaban J connectivity index is 5.02. The number of hydrogen-bond donors (Lipinski definition) is 1. The van der Waals surface area contributed by atoms with Crippen molar-refractivity contribution in [3.63, 3.8) is 0 Å². The molecule has 232 valence electrons. The van der Waals surface area contributed by atoms with Crippen molar-refractivity contribution in [2.45, 2.75) is 207 Å². The number of rotatable bonds is 32. The predicted molar refractivity (Wildman–Crippen MR) is 181 cm³/mol. The first kappa shape index (κ1) is 38.4. The van der Waals surface area contributed by atoms with Crippen LogP contribution in [0, 0.1) is 0 Å². The molecule has 0 spiro atoms. The topological polar surface area (TPSA) is 20.2 Å². The molecule has 0 aromatic carbocycles. The van der Waals surface area contributed by atoms with E-state index in [1.165, 1.54) is 204 Å². The quantitative estimate of drug-likeness (QED) is 0.0645. The van der Waals surface area contributed by atoms with Crippen LogP contribution in [0.1, 0.15) is 207 Å². The van der Waals surface area contributed by atoms with Crippen LogP contribution in [0.3, 0.4) is 0 Å². The van der Waals surface area contributed by atoms with Gasteiger partial charge in [0.25, 0.3) is 0 Å². The van der Waals surface area contributed by atoms with Gasteiger partial charge < -0.3 is 0 Å². The van der Waals surface area contributed by atoms with Gasteiger partial charge >= 0.3 is 244 Å². The zero-order valence-electron chi connectivity index (χ0n) is 27.5. The molecular formula is C36H77OP. The molecule has 0 saturated heterocycles. The van der Waals surface area contributed by atoms with Gasteiger partial charge in [0, 0.05) is 0 Å². The molecule has 1 N–H and O–H groups in total. The Morgan fingerprint density at radius 3 is 0.605 bits per heavy atom. The SMILES string of the molecule is CCCCCCCCCP(O)(CCCCCCCCC)(CCCCCCCCC)CCCCCCCCC. The summed E-state index contributed by atoms with van der Waals surface area (Å²) in [6.45, 7) is 6.65. The zero-order chi connectivity index (χ0) is 28.1. The van der Waals surface area contributed by atoms with Crippen molar-refractivity contribution in [1.82, 2.24) is 0 Å². The fourth-order valence-electron chi connectivity index (χ4n) is 6.57. The first-order valence-electron chi connectivity index (χ1n) is 18.3. The fourth-order valence-corrected chi connectivity index (χ4v) is 12.1. The van der Waals surface area contributed by atoms with Crippen molar-refractivity contribution in [2.24, 2.45) is 0 Å². The molecule has 0 fully saturated rings. The molecule has 0 atom stereocenters. The normalized spacial score (nSPS) is 13.1. The van der Waals surface area contributed by atoms with Crippen molar-refractivity contribution in [2.75, 3.05) is 24.6 Å². The van der Waals surface area contributed by atoms with Gasteiger partial charge in [-0.2, -0.15) is 0 Å². The molecule has 0 aliphatic heterocycles. The zero-order valence-corrected chi connectivity index (χ0v) is 28.4. The van der Waals surface area contributed by atoms with Crippen LogP contribution in [0.15, 0.2) is 0 Å². The second kappa shape index (κ2) is 27.6.